The minimum atomic E-state index is 0.110. The van der Waals surface area contributed by atoms with Crippen molar-refractivity contribution in [3.05, 3.63) is 47.9 Å². The van der Waals surface area contributed by atoms with Crippen LogP contribution in [0, 0.1) is 13.8 Å². The van der Waals surface area contributed by atoms with Gasteiger partial charge in [0.2, 0.25) is 5.95 Å². The van der Waals surface area contributed by atoms with Crippen LogP contribution in [-0.4, -0.2) is 60.6 Å². The van der Waals surface area contributed by atoms with Crippen LogP contribution in [0.15, 0.2) is 36.7 Å². The highest BCUT2D eigenvalue weighted by Crippen LogP contribution is 2.32. The van der Waals surface area contributed by atoms with Crippen LogP contribution in [0.1, 0.15) is 18.2 Å². The molecule has 0 aliphatic carbocycles. The van der Waals surface area contributed by atoms with E-state index in [4.69, 9.17) is 0 Å². The molecule has 0 saturated carbocycles. The van der Waals surface area contributed by atoms with Crippen molar-refractivity contribution < 1.29 is 5.11 Å². The number of aryl methyl sites for hydroxylation is 2. The Morgan fingerprint density at radius 1 is 1.13 bits per heavy atom. The van der Waals surface area contributed by atoms with Crippen LogP contribution in [0.5, 0.6) is 5.75 Å². The maximum absolute atomic E-state index is 10.7. The summed E-state index contributed by atoms with van der Waals surface area (Å²) in [5.74, 6) is 0.718. The van der Waals surface area contributed by atoms with Crippen LogP contribution in [0.3, 0.4) is 0 Å². The van der Waals surface area contributed by atoms with Crippen LogP contribution in [0.2, 0.25) is 0 Å². The van der Waals surface area contributed by atoms with Gasteiger partial charge in [0, 0.05) is 36.8 Å². The van der Waals surface area contributed by atoms with Gasteiger partial charge in [0.25, 0.3) is 0 Å². The highest BCUT2D eigenvalue weighted by molar-refractivity contribution is 5.73. The van der Waals surface area contributed by atoms with Crippen molar-refractivity contribution in [1.29, 1.82) is 0 Å². The molecule has 4 heterocycles. The fraction of sp³-hybridized carbons (Fsp3) is 0.318. The minimum absolute atomic E-state index is 0.110. The van der Waals surface area contributed by atoms with Gasteiger partial charge in [-0.3, -0.25) is 0 Å². The molecule has 4 aromatic rings. The van der Waals surface area contributed by atoms with Gasteiger partial charge in [-0.15, -0.1) is 10.2 Å². The summed E-state index contributed by atoms with van der Waals surface area (Å²) in [7, 11) is 0. The SMILES string of the molecule is Cc1cn2nc(-c3ccc(-c4cnc(N5CCN[C@H](C)C5)nn4)c(O)c3)cc(C)c2n1. The first kappa shape index (κ1) is 19.4. The van der Waals surface area contributed by atoms with Gasteiger partial charge in [-0.1, -0.05) is 6.07 Å². The molecular weight excluding hydrogens is 392 g/mol. The second-order valence-electron chi connectivity index (χ2n) is 8.04. The minimum Gasteiger partial charge on any atom is -0.507 e. The molecule has 2 N–H and O–H groups in total. The van der Waals surface area contributed by atoms with E-state index in [2.05, 4.69) is 42.4 Å². The number of hydrogen-bond acceptors (Lipinski definition) is 8. The molecule has 1 aromatic carbocycles. The third-order valence-corrected chi connectivity index (χ3v) is 5.50. The number of rotatable bonds is 3. The number of phenolic OH excluding ortho intramolecular Hbond substituents is 1. The zero-order chi connectivity index (χ0) is 21.5. The maximum Gasteiger partial charge on any atom is 0.245 e. The zero-order valence-corrected chi connectivity index (χ0v) is 17.7. The molecule has 1 atom stereocenters. The van der Waals surface area contributed by atoms with Crippen LogP contribution in [0.25, 0.3) is 28.2 Å². The Balaban J connectivity index is 1.43. The van der Waals surface area contributed by atoms with E-state index in [1.165, 1.54) is 0 Å². The van der Waals surface area contributed by atoms with E-state index in [-0.39, 0.29) is 5.75 Å². The number of piperazine rings is 1. The molecule has 0 unspecified atom stereocenters. The number of anilines is 1. The average molecular weight is 416 g/mol. The summed E-state index contributed by atoms with van der Waals surface area (Å²) in [6.07, 6.45) is 3.55. The topological polar surface area (TPSA) is 104 Å². The number of benzene rings is 1. The molecular formula is C22H24N8O. The predicted octanol–water partition coefficient (Wildman–Crippen LogP) is 2.37. The van der Waals surface area contributed by atoms with Gasteiger partial charge >= 0.3 is 0 Å². The second kappa shape index (κ2) is 7.59. The van der Waals surface area contributed by atoms with Gasteiger partial charge in [0.1, 0.15) is 11.4 Å². The molecule has 1 saturated heterocycles. The zero-order valence-electron chi connectivity index (χ0n) is 17.7. The van der Waals surface area contributed by atoms with Crippen molar-refractivity contribution >= 4 is 11.6 Å². The van der Waals surface area contributed by atoms with Crippen molar-refractivity contribution in [2.45, 2.75) is 26.8 Å². The van der Waals surface area contributed by atoms with Gasteiger partial charge < -0.3 is 15.3 Å². The van der Waals surface area contributed by atoms with Gasteiger partial charge in [-0.2, -0.15) is 5.10 Å². The van der Waals surface area contributed by atoms with Gasteiger partial charge in [0.05, 0.1) is 23.8 Å². The van der Waals surface area contributed by atoms with Gasteiger partial charge in [0.15, 0.2) is 5.65 Å². The lowest BCUT2D eigenvalue weighted by Crippen LogP contribution is -2.49. The number of hydrogen-bond donors (Lipinski definition) is 2. The standard InChI is InChI=1S/C22H24N8O/c1-13-8-18(28-30-12-15(3)25-21(13)30)16-4-5-17(20(31)9-16)19-10-24-22(27-26-19)29-7-6-23-14(2)11-29/h4-5,8-10,12,14,23,31H,6-7,11H2,1-3H3/t14-/m1/s1. The fourth-order valence-corrected chi connectivity index (χ4v) is 3.94. The molecule has 9 nitrogen and oxygen atoms in total. The largest absolute Gasteiger partial charge is 0.507 e. The predicted molar refractivity (Wildman–Crippen MR) is 118 cm³/mol. The Morgan fingerprint density at radius 3 is 2.74 bits per heavy atom. The quantitative estimate of drug-likeness (QED) is 0.525. The highest BCUT2D eigenvalue weighted by atomic mass is 16.3. The summed E-state index contributed by atoms with van der Waals surface area (Å²) < 4.78 is 1.77. The molecule has 31 heavy (non-hydrogen) atoms. The van der Waals surface area contributed by atoms with Crippen molar-refractivity contribution in [3.8, 4) is 28.3 Å². The number of phenols is 1. The molecule has 0 amide bonds. The summed E-state index contributed by atoms with van der Waals surface area (Å²) in [6, 6.07) is 7.79. The van der Waals surface area contributed by atoms with Crippen molar-refractivity contribution in [2.75, 3.05) is 24.5 Å². The Kier molecular flexibility index (Phi) is 4.74. The Bertz CT molecular complexity index is 1250. The average Bonchev–Trinajstić information content (AvgIpc) is 3.15. The first-order valence-corrected chi connectivity index (χ1v) is 10.3. The number of nitrogens with one attached hydrogen (secondary N) is 1. The molecule has 5 rings (SSSR count). The van der Waals surface area contributed by atoms with Gasteiger partial charge in [-0.05, 0) is 44.5 Å². The number of imidazole rings is 1. The lowest BCUT2D eigenvalue weighted by Gasteiger charge is -2.31. The van der Waals surface area contributed by atoms with E-state index >= 15 is 0 Å². The molecule has 0 bridgehead atoms. The number of aromatic nitrogens is 6. The molecule has 3 aromatic heterocycles. The molecule has 1 fully saturated rings. The third kappa shape index (κ3) is 3.68. The highest BCUT2D eigenvalue weighted by Gasteiger charge is 2.19. The lowest BCUT2D eigenvalue weighted by molar-refractivity contribution is 0.476. The number of nitrogens with zero attached hydrogens (tertiary/aromatic N) is 7. The number of aromatic hydroxyl groups is 1. The second-order valence-corrected chi connectivity index (χ2v) is 8.04. The maximum atomic E-state index is 10.7. The summed E-state index contributed by atoms with van der Waals surface area (Å²) in [5.41, 5.74) is 5.45. The molecule has 0 spiro atoms. The van der Waals surface area contributed by atoms with Crippen molar-refractivity contribution in [1.82, 2.24) is 35.1 Å². The van der Waals surface area contributed by atoms with Gasteiger partial charge in [-0.25, -0.2) is 14.5 Å². The normalized spacial score (nSPS) is 16.7. The van der Waals surface area contributed by atoms with Crippen LogP contribution < -0.4 is 10.2 Å². The van der Waals surface area contributed by atoms with Crippen molar-refractivity contribution in [2.24, 2.45) is 0 Å². The first-order chi connectivity index (χ1) is 15.0. The first-order valence-electron chi connectivity index (χ1n) is 10.3. The van der Waals surface area contributed by atoms with Crippen LogP contribution in [-0.2, 0) is 0 Å². The molecule has 1 aliphatic heterocycles. The summed E-state index contributed by atoms with van der Waals surface area (Å²) >= 11 is 0. The Morgan fingerprint density at radius 2 is 2.00 bits per heavy atom. The summed E-state index contributed by atoms with van der Waals surface area (Å²) in [6.45, 7) is 8.66. The van der Waals surface area contributed by atoms with E-state index in [9.17, 15) is 5.11 Å². The third-order valence-electron chi connectivity index (χ3n) is 5.50. The van der Waals surface area contributed by atoms with E-state index in [1.54, 1.807) is 16.8 Å². The monoisotopic (exact) mass is 416 g/mol. The number of fused-ring (bicyclic) bond motifs is 1. The fourth-order valence-electron chi connectivity index (χ4n) is 3.94. The van der Waals surface area contributed by atoms with Crippen LogP contribution in [0.4, 0.5) is 5.95 Å². The Hall–Kier alpha value is -3.59. The molecule has 1 aliphatic rings. The van der Waals surface area contributed by atoms with E-state index < -0.39 is 0 Å². The summed E-state index contributed by atoms with van der Waals surface area (Å²) in [4.78, 5) is 11.1. The van der Waals surface area contributed by atoms with E-state index in [0.29, 0.717) is 23.2 Å². The Labute approximate surface area is 179 Å². The van der Waals surface area contributed by atoms with Crippen molar-refractivity contribution in [3.63, 3.8) is 0 Å². The van der Waals surface area contributed by atoms with E-state index in [1.807, 2.05) is 38.2 Å². The molecule has 0 radical (unpaired) electrons. The summed E-state index contributed by atoms with van der Waals surface area (Å²) in [5, 5.41) is 27.3. The molecule has 9 heteroatoms. The molecule has 158 valence electrons. The van der Waals surface area contributed by atoms with E-state index in [0.717, 1.165) is 47.8 Å². The smallest absolute Gasteiger partial charge is 0.245 e. The van der Waals surface area contributed by atoms with Crippen LogP contribution >= 0.6 is 0 Å². The lowest BCUT2D eigenvalue weighted by atomic mass is 10.0.